The Kier molecular flexibility index (Phi) is 4.67. The summed E-state index contributed by atoms with van der Waals surface area (Å²) in [6, 6.07) is 2.25. The highest BCUT2D eigenvalue weighted by atomic mass is 35.5. The predicted molar refractivity (Wildman–Crippen MR) is 77.6 cm³/mol. The second-order valence-electron chi connectivity index (χ2n) is 4.72. The largest absolute Gasteiger partial charge is 0.399 e. The van der Waals surface area contributed by atoms with Gasteiger partial charge in [-0.3, -0.25) is 0 Å². The van der Waals surface area contributed by atoms with Crippen molar-refractivity contribution in [2.75, 3.05) is 12.3 Å². The van der Waals surface area contributed by atoms with Crippen molar-refractivity contribution in [3.8, 4) is 0 Å². The highest BCUT2D eigenvalue weighted by Crippen LogP contribution is 2.26. The van der Waals surface area contributed by atoms with Crippen LogP contribution in [0, 0.1) is 5.82 Å². The first-order chi connectivity index (χ1) is 9.40. The fourth-order valence-electron chi connectivity index (χ4n) is 2.17. The van der Waals surface area contributed by atoms with Crippen LogP contribution in [0.2, 0.25) is 5.02 Å². The molecule has 3 N–H and O–H groups in total. The van der Waals surface area contributed by atoms with E-state index in [0.717, 1.165) is 25.3 Å². The van der Waals surface area contributed by atoms with Gasteiger partial charge in [-0.25, -0.2) is 17.5 Å². The average molecular weight is 319 g/mol. The molecule has 0 spiro atoms. The number of rotatable bonds is 5. The van der Waals surface area contributed by atoms with Gasteiger partial charge in [0, 0.05) is 12.2 Å². The van der Waals surface area contributed by atoms with Crippen LogP contribution in [-0.4, -0.2) is 15.0 Å². The number of halogens is 2. The summed E-state index contributed by atoms with van der Waals surface area (Å²) < 4.78 is 40.3. The van der Waals surface area contributed by atoms with Gasteiger partial charge in [-0.1, -0.05) is 23.3 Å². The van der Waals surface area contributed by atoms with Crippen LogP contribution < -0.4 is 10.5 Å². The molecule has 1 aromatic carbocycles. The van der Waals surface area contributed by atoms with E-state index in [2.05, 4.69) is 10.8 Å². The highest BCUT2D eigenvalue weighted by Gasteiger charge is 2.21. The van der Waals surface area contributed by atoms with Gasteiger partial charge in [-0.2, -0.15) is 0 Å². The second kappa shape index (κ2) is 6.11. The number of allylic oxidation sites excluding steroid dienone is 1. The van der Waals surface area contributed by atoms with Crippen LogP contribution in [0.5, 0.6) is 0 Å². The monoisotopic (exact) mass is 318 g/mol. The van der Waals surface area contributed by atoms with E-state index in [1.165, 1.54) is 11.6 Å². The first-order valence-corrected chi connectivity index (χ1v) is 8.18. The minimum absolute atomic E-state index is 0.107. The van der Waals surface area contributed by atoms with Gasteiger partial charge in [0.2, 0.25) is 10.0 Å². The van der Waals surface area contributed by atoms with Gasteiger partial charge < -0.3 is 5.73 Å². The SMILES string of the molecule is Nc1cc(Cl)c(F)c(S(=O)(=O)NCCC2=CCCC2)c1. The van der Waals surface area contributed by atoms with Crippen LogP contribution >= 0.6 is 11.6 Å². The van der Waals surface area contributed by atoms with E-state index in [9.17, 15) is 12.8 Å². The van der Waals surface area contributed by atoms with Crippen LogP contribution in [0.4, 0.5) is 10.1 Å². The van der Waals surface area contributed by atoms with E-state index in [0.29, 0.717) is 6.42 Å². The summed E-state index contributed by atoms with van der Waals surface area (Å²) in [6.45, 7) is 0.236. The van der Waals surface area contributed by atoms with E-state index in [1.807, 2.05) is 0 Å². The molecule has 0 amide bonds. The normalized spacial score (nSPS) is 15.4. The summed E-state index contributed by atoms with van der Waals surface area (Å²) in [5, 5.41) is -0.302. The van der Waals surface area contributed by atoms with E-state index >= 15 is 0 Å². The molecule has 0 fully saturated rings. The van der Waals surface area contributed by atoms with Crippen molar-refractivity contribution in [1.29, 1.82) is 0 Å². The van der Waals surface area contributed by atoms with E-state index < -0.39 is 20.7 Å². The van der Waals surface area contributed by atoms with Gasteiger partial charge >= 0.3 is 0 Å². The molecule has 0 atom stereocenters. The van der Waals surface area contributed by atoms with Crippen LogP contribution in [0.3, 0.4) is 0 Å². The molecule has 1 aliphatic rings. The Morgan fingerprint density at radius 1 is 1.40 bits per heavy atom. The number of anilines is 1. The Bertz CT molecular complexity index is 644. The fraction of sp³-hybridized carbons (Fsp3) is 0.385. The molecular formula is C13H16ClFN2O2S. The molecule has 1 aliphatic carbocycles. The third-order valence-electron chi connectivity index (χ3n) is 3.18. The molecule has 4 nitrogen and oxygen atoms in total. The van der Waals surface area contributed by atoms with Crippen LogP contribution in [0.25, 0.3) is 0 Å². The molecule has 0 heterocycles. The number of sulfonamides is 1. The van der Waals surface area contributed by atoms with Crippen molar-refractivity contribution in [3.63, 3.8) is 0 Å². The highest BCUT2D eigenvalue weighted by molar-refractivity contribution is 7.89. The Morgan fingerprint density at radius 3 is 2.80 bits per heavy atom. The zero-order valence-electron chi connectivity index (χ0n) is 10.8. The number of nitrogen functional groups attached to an aromatic ring is 1. The van der Waals surface area contributed by atoms with Crippen molar-refractivity contribution in [1.82, 2.24) is 4.72 Å². The predicted octanol–water partition coefficient (Wildman–Crippen LogP) is 2.84. The van der Waals surface area contributed by atoms with Gasteiger partial charge in [0.25, 0.3) is 0 Å². The molecule has 0 unspecified atom stereocenters. The topological polar surface area (TPSA) is 72.2 Å². The summed E-state index contributed by atoms with van der Waals surface area (Å²) in [7, 11) is -3.94. The number of benzene rings is 1. The molecule has 7 heteroatoms. The van der Waals surface area contributed by atoms with Crippen molar-refractivity contribution in [2.45, 2.75) is 30.6 Å². The first-order valence-electron chi connectivity index (χ1n) is 6.32. The maximum Gasteiger partial charge on any atom is 0.243 e. The maximum atomic E-state index is 13.8. The fourth-order valence-corrected chi connectivity index (χ4v) is 3.61. The standard InChI is InChI=1S/C13H16ClFN2O2S/c14-11-7-10(16)8-12(13(11)15)20(18,19)17-6-5-9-3-1-2-4-9/h3,7-8,17H,1-2,4-6,16H2. The Balaban J connectivity index is 2.10. The summed E-state index contributed by atoms with van der Waals surface area (Å²) in [5.74, 6) is -0.978. The zero-order chi connectivity index (χ0) is 14.8. The lowest BCUT2D eigenvalue weighted by molar-refractivity contribution is 0.557. The van der Waals surface area contributed by atoms with Gasteiger partial charge in [-0.05, 0) is 37.8 Å². The van der Waals surface area contributed by atoms with Gasteiger partial charge in [0.05, 0.1) is 5.02 Å². The van der Waals surface area contributed by atoms with Crippen molar-refractivity contribution < 1.29 is 12.8 Å². The molecule has 0 aromatic heterocycles. The van der Waals surface area contributed by atoms with Crippen molar-refractivity contribution in [3.05, 3.63) is 34.6 Å². The molecule has 2 rings (SSSR count). The zero-order valence-corrected chi connectivity index (χ0v) is 12.4. The number of nitrogens with two attached hydrogens (primary N) is 1. The molecular weight excluding hydrogens is 303 g/mol. The number of nitrogens with one attached hydrogen (secondary N) is 1. The Labute approximate surface area is 122 Å². The van der Waals surface area contributed by atoms with Crippen LogP contribution in [0.1, 0.15) is 25.7 Å². The summed E-state index contributed by atoms with van der Waals surface area (Å²) in [6.07, 6.45) is 5.91. The van der Waals surface area contributed by atoms with Crippen molar-refractivity contribution in [2.24, 2.45) is 0 Å². The minimum atomic E-state index is -3.94. The number of hydrogen-bond donors (Lipinski definition) is 2. The molecule has 0 saturated carbocycles. The Morgan fingerprint density at radius 2 is 2.15 bits per heavy atom. The average Bonchev–Trinajstić information content (AvgIpc) is 2.86. The van der Waals surface area contributed by atoms with Crippen molar-refractivity contribution >= 4 is 27.3 Å². The molecule has 0 bridgehead atoms. The van der Waals surface area contributed by atoms with Crippen LogP contribution in [-0.2, 0) is 10.0 Å². The quantitative estimate of drug-likeness (QED) is 0.647. The van der Waals surface area contributed by atoms with Gasteiger partial charge in [0.15, 0.2) is 5.82 Å². The lowest BCUT2D eigenvalue weighted by Gasteiger charge is -2.09. The third kappa shape index (κ3) is 3.50. The maximum absolute atomic E-state index is 13.8. The van der Waals surface area contributed by atoms with E-state index in [-0.39, 0.29) is 17.3 Å². The second-order valence-corrected chi connectivity index (χ2v) is 6.86. The van der Waals surface area contributed by atoms with E-state index in [1.54, 1.807) is 0 Å². The summed E-state index contributed by atoms with van der Waals surface area (Å²) in [5.41, 5.74) is 6.84. The Hall–Kier alpha value is -1.11. The van der Waals surface area contributed by atoms with E-state index in [4.69, 9.17) is 17.3 Å². The van der Waals surface area contributed by atoms with Gasteiger partial charge in [0.1, 0.15) is 4.90 Å². The molecule has 0 aliphatic heterocycles. The molecule has 110 valence electrons. The lowest BCUT2D eigenvalue weighted by atomic mass is 10.2. The summed E-state index contributed by atoms with van der Waals surface area (Å²) >= 11 is 5.61. The molecule has 0 radical (unpaired) electrons. The summed E-state index contributed by atoms with van der Waals surface area (Å²) in [4.78, 5) is -0.511. The first kappa shape index (κ1) is 15.3. The smallest absolute Gasteiger partial charge is 0.243 e. The lowest BCUT2D eigenvalue weighted by Crippen LogP contribution is -2.26. The third-order valence-corrected chi connectivity index (χ3v) is 4.92. The van der Waals surface area contributed by atoms with Gasteiger partial charge in [-0.15, -0.1) is 0 Å². The molecule has 20 heavy (non-hydrogen) atoms. The molecule has 1 aromatic rings. The molecule has 0 saturated heterocycles. The van der Waals surface area contributed by atoms with Crippen LogP contribution in [0.15, 0.2) is 28.7 Å². The number of hydrogen-bond acceptors (Lipinski definition) is 3. The minimum Gasteiger partial charge on any atom is -0.399 e.